The minimum Gasteiger partial charge on any atom is -0.481 e. The van der Waals surface area contributed by atoms with Gasteiger partial charge in [0, 0.05) is 22.6 Å². The van der Waals surface area contributed by atoms with Gasteiger partial charge < -0.3 is 10.4 Å². The minimum atomic E-state index is -0.824. The summed E-state index contributed by atoms with van der Waals surface area (Å²) in [7, 11) is 0. The number of aliphatic carboxylic acids is 1. The van der Waals surface area contributed by atoms with Crippen molar-refractivity contribution < 1.29 is 14.7 Å². The van der Waals surface area contributed by atoms with Crippen LogP contribution in [0.3, 0.4) is 0 Å². The highest BCUT2D eigenvalue weighted by Crippen LogP contribution is 2.21. The second kappa shape index (κ2) is 10.7. The van der Waals surface area contributed by atoms with Gasteiger partial charge in [0.15, 0.2) is 5.84 Å². The summed E-state index contributed by atoms with van der Waals surface area (Å²) in [5.41, 5.74) is 2.16. The second-order valence-electron chi connectivity index (χ2n) is 6.89. The zero-order chi connectivity index (χ0) is 21.3. The normalized spacial score (nSPS) is 15.5. The Balaban J connectivity index is 1.51. The number of thioether (sulfide) groups is 1. The maximum Gasteiger partial charge on any atom is 0.303 e. The SMILES string of the molecule is CCC1CN=NC(CSc2ccc(C(=O)Nc3ccc(CCC(=O)O)cc3)cc2)=N1. The highest BCUT2D eigenvalue weighted by molar-refractivity contribution is 8.00. The lowest BCUT2D eigenvalue weighted by molar-refractivity contribution is -0.136. The van der Waals surface area contributed by atoms with Gasteiger partial charge >= 0.3 is 5.97 Å². The van der Waals surface area contributed by atoms with Gasteiger partial charge in [-0.15, -0.1) is 16.9 Å². The Morgan fingerprint density at radius 2 is 1.87 bits per heavy atom. The van der Waals surface area contributed by atoms with Crippen LogP contribution in [-0.4, -0.2) is 41.2 Å². The molecule has 1 unspecified atom stereocenters. The molecule has 3 rings (SSSR count). The van der Waals surface area contributed by atoms with Gasteiger partial charge in [0.25, 0.3) is 5.91 Å². The van der Waals surface area contributed by atoms with Gasteiger partial charge in [-0.05, 0) is 54.8 Å². The highest BCUT2D eigenvalue weighted by Gasteiger charge is 2.12. The highest BCUT2D eigenvalue weighted by atomic mass is 32.2. The molecule has 0 aliphatic carbocycles. The van der Waals surface area contributed by atoms with Crippen LogP contribution in [-0.2, 0) is 11.2 Å². The number of amides is 1. The topological polar surface area (TPSA) is 103 Å². The molecule has 2 N–H and O–H groups in total. The predicted octanol–water partition coefficient (Wildman–Crippen LogP) is 4.69. The van der Waals surface area contributed by atoms with Crippen LogP contribution in [0.5, 0.6) is 0 Å². The molecule has 1 aliphatic rings. The first kappa shape index (κ1) is 21.7. The number of aryl methyl sites for hydroxylation is 1. The summed E-state index contributed by atoms with van der Waals surface area (Å²) < 4.78 is 0. The summed E-state index contributed by atoms with van der Waals surface area (Å²) in [5.74, 6) is 0.392. The number of carboxylic acid groups (broad SMARTS) is 1. The van der Waals surface area contributed by atoms with E-state index in [0.717, 1.165) is 22.7 Å². The molecule has 7 nitrogen and oxygen atoms in total. The summed E-state index contributed by atoms with van der Waals surface area (Å²) in [6.45, 7) is 2.76. The fraction of sp³-hybridized carbons (Fsp3) is 0.318. The van der Waals surface area contributed by atoms with Crippen LogP contribution < -0.4 is 5.32 Å². The Morgan fingerprint density at radius 1 is 1.13 bits per heavy atom. The second-order valence-corrected chi connectivity index (χ2v) is 7.94. The fourth-order valence-corrected chi connectivity index (χ4v) is 3.60. The lowest BCUT2D eigenvalue weighted by atomic mass is 10.1. The van der Waals surface area contributed by atoms with Crippen molar-refractivity contribution in [3.63, 3.8) is 0 Å². The molecule has 0 spiro atoms. The fourth-order valence-electron chi connectivity index (χ4n) is 2.84. The molecular weight excluding hydrogens is 400 g/mol. The molecule has 0 fully saturated rings. The Bertz CT molecular complexity index is 940. The number of nitrogens with zero attached hydrogens (tertiary/aromatic N) is 3. The van der Waals surface area contributed by atoms with E-state index in [1.807, 2.05) is 24.3 Å². The Kier molecular flexibility index (Phi) is 7.73. The molecule has 0 bridgehead atoms. The van der Waals surface area contributed by atoms with Crippen LogP contribution in [0, 0.1) is 0 Å². The van der Waals surface area contributed by atoms with E-state index in [9.17, 15) is 9.59 Å². The maximum atomic E-state index is 12.5. The summed E-state index contributed by atoms with van der Waals surface area (Å²) >= 11 is 1.61. The van der Waals surface area contributed by atoms with Crippen LogP contribution in [0.15, 0.2) is 68.6 Å². The lowest BCUT2D eigenvalue weighted by Crippen LogP contribution is -2.15. The maximum absolute atomic E-state index is 12.5. The van der Waals surface area contributed by atoms with E-state index in [0.29, 0.717) is 30.0 Å². The number of azo groups is 1. The smallest absolute Gasteiger partial charge is 0.303 e. The van der Waals surface area contributed by atoms with E-state index in [2.05, 4.69) is 27.5 Å². The Labute approximate surface area is 179 Å². The van der Waals surface area contributed by atoms with Crippen LogP contribution in [0.1, 0.15) is 35.7 Å². The molecule has 1 atom stereocenters. The first-order valence-electron chi connectivity index (χ1n) is 9.82. The average molecular weight is 425 g/mol. The van der Waals surface area contributed by atoms with Crippen LogP contribution in [0.25, 0.3) is 0 Å². The lowest BCUT2D eigenvalue weighted by Gasteiger charge is -2.12. The third kappa shape index (κ3) is 6.52. The van der Waals surface area contributed by atoms with E-state index >= 15 is 0 Å². The van der Waals surface area contributed by atoms with E-state index < -0.39 is 5.97 Å². The standard InChI is InChI=1S/C22H24N4O3S/c1-2-17-13-23-26-20(24-17)14-30-19-10-6-16(7-11-19)22(29)25-18-8-3-15(4-9-18)5-12-21(27)28/h3-4,6-11,17H,2,5,12-14H2,1H3,(H,25,29)(H,27,28). The van der Waals surface area contributed by atoms with Crippen molar-refractivity contribution in [2.24, 2.45) is 15.2 Å². The first-order valence-corrected chi connectivity index (χ1v) is 10.8. The van der Waals surface area contributed by atoms with Crippen molar-refractivity contribution in [2.45, 2.75) is 37.1 Å². The van der Waals surface area contributed by atoms with Gasteiger partial charge in [-0.25, -0.2) is 0 Å². The monoisotopic (exact) mass is 424 g/mol. The van der Waals surface area contributed by atoms with E-state index in [4.69, 9.17) is 5.11 Å². The number of anilines is 1. The van der Waals surface area contributed by atoms with E-state index in [1.165, 1.54) is 0 Å². The third-order valence-electron chi connectivity index (χ3n) is 4.61. The van der Waals surface area contributed by atoms with Crippen molar-refractivity contribution in [3.8, 4) is 0 Å². The molecule has 156 valence electrons. The molecule has 2 aromatic rings. The minimum absolute atomic E-state index is 0.0888. The first-order chi connectivity index (χ1) is 14.5. The zero-order valence-corrected chi connectivity index (χ0v) is 17.6. The van der Waals surface area contributed by atoms with E-state index in [-0.39, 0.29) is 18.4 Å². The van der Waals surface area contributed by atoms with Crippen molar-refractivity contribution in [3.05, 3.63) is 59.7 Å². The Hall–Kier alpha value is -3.00. The van der Waals surface area contributed by atoms with Gasteiger partial charge in [-0.1, -0.05) is 19.1 Å². The quantitative estimate of drug-likeness (QED) is 0.570. The predicted molar refractivity (Wildman–Crippen MR) is 119 cm³/mol. The van der Waals surface area contributed by atoms with Crippen molar-refractivity contribution in [1.82, 2.24) is 0 Å². The molecule has 1 amide bonds. The number of carbonyl (C=O) groups is 2. The number of rotatable bonds is 9. The van der Waals surface area contributed by atoms with Crippen molar-refractivity contribution in [1.29, 1.82) is 0 Å². The van der Waals surface area contributed by atoms with Gasteiger partial charge in [0.2, 0.25) is 0 Å². The molecule has 0 radical (unpaired) electrons. The van der Waals surface area contributed by atoms with Crippen LogP contribution in [0.4, 0.5) is 5.69 Å². The van der Waals surface area contributed by atoms with Crippen LogP contribution >= 0.6 is 11.8 Å². The zero-order valence-electron chi connectivity index (χ0n) is 16.7. The number of benzene rings is 2. The molecular formula is C22H24N4O3S. The van der Waals surface area contributed by atoms with E-state index in [1.54, 1.807) is 36.0 Å². The number of nitrogens with one attached hydrogen (secondary N) is 1. The van der Waals surface area contributed by atoms with Crippen LogP contribution in [0.2, 0.25) is 0 Å². The van der Waals surface area contributed by atoms with Gasteiger partial charge in [-0.2, -0.15) is 5.11 Å². The summed E-state index contributed by atoms with van der Waals surface area (Å²) in [6.07, 6.45) is 1.52. The summed E-state index contributed by atoms with van der Waals surface area (Å²) in [5, 5.41) is 19.8. The molecule has 0 aromatic heterocycles. The largest absolute Gasteiger partial charge is 0.481 e. The number of aliphatic imine (C=N–C) groups is 1. The van der Waals surface area contributed by atoms with Crippen molar-refractivity contribution >= 4 is 35.2 Å². The van der Waals surface area contributed by atoms with Gasteiger partial charge in [0.1, 0.15) is 0 Å². The number of hydrogen-bond donors (Lipinski definition) is 2. The number of hydrogen-bond acceptors (Lipinski definition) is 6. The molecule has 30 heavy (non-hydrogen) atoms. The average Bonchev–Trinajstić information content (AvgIpc) is 2.77. The molecule has 0 saturated heterocycles. The molecule has 0 saturated carbocycles. The molecule has 1 aliphatic heterocycles. The van der Waals surface area contributed by atoms with Gasteiger partial charge in [-0.3, -0.25) is 14.6 Å². The molecule has 2 aromatic carbocycles. The summed E-state index contributed by atoms with van der Waals surface area (Å²) in [6, 6.07) is 14.8. The molecule has 8 heteroatoms. The molecule has 1 heterocycles. The van der Waals surface area contributed by atoms with Gasteiger partial charge in [0.05, 0.1) is 18.3 Å². The Morgan fingerprint density at radius 3 is 2.53 bits per heavy atom. The number of amidine groups is 1. The summed E-state index contributed by atoms with van der Waals surface area (Å²) in [4.78, 5) is 28.7. The number of carbonyl (C=O) groups excluding carboxylic acids is 1. The third-order valence-corrected chi connectivity index (χ3v) is 5.61. The van der Waals surface area contributed by atoms with Crippen molar-refractivity contribution in [2.75, 3.05) is 17.6 Å². The number of carboxylic acids is 1.